The second-order valence-electron chi connectivity index (χ2n) is 4.18. The quantitative estimate of drug-likeness (QED) is 0.857. The van der Waals surface area contributed by atoms with Gasteiger partial charge < -0.3 is 9.47 Å². The molecular weight excluding hydrogens is 282 g/mol. The van der Waals surface area contributed by atoms with Gasteiger partial charge in [0.2, 0.25) is 0 Å². The third-order valence-electron chi connectivity index (χ3n) is 3.32. The Morgan fingerprint density at radius 2 is 2.12 bits per heavy atom. The molecule has 0 unspecified atom stereocenters. The predicted molar refractivity (Wildman–Crippen MR) is 71.9 cm³/mol. The van der Waals surface area contributed by atoms with E-state index in [2.05, 4.69) is 33.8 Å². The van der Waals surface area contributed by atoms with E-state index in [4.69, 9.17) is 9.47 Å². The number of hydrogen-bond donors (Lipinski definition) is 0. The lowest BCUT2D eigenvalue weighted by Gasteiger charge is -2.29. The number of rotatable bonds is 3. The summed E-state index contributed by atoms with van der Waals surface area (Å²) in [6.45, 7) is 5.38. The number of nitrogens with zero attached hydrogens (tertiary/aromatic N) is 1. The van der Waals surface area contributed by atoms with Crippen LogP contribution in [-0.4, -0.2) is 32.2 Å². The Labute approximate surface area is 111 Å². The van der Waals surface area contributed by atoms with Crippen molar-refractivity contribution in [2.75, 3.05) is 27.3 Å². The number of halogens is 1. The predicted octanol–water partition coefficient (Wildman–Crippen LogP) is 2.84. The van der Waals surface area contributed by atoms with Gasteiger partial charge >= 0.3 is 0 Å². The molecule has 0 aliphatic carbocycles. The Kier molecular flexibility index (Phi) is 3.94. The fourth-order valence-electron chi connectivity index (χ4n) is 2.31. The van der Waals surface area contributed by atoms with Gasteiger partial charge in [-0.05, 0) is 46.1 Å². The van der Waals surface area contributed by atoms with E-state index in [0.717, 1.165) is 42.0 Å². The number of likely N-dealkylation sites (N-methyl/N-ethyl adjacent to an activating group) is 1. The molecule has 1 aliphatic rings. The molecule has 0 bridgehead atoms. The van der Waals surface area contributed by atoms with Crippen LogP contribution in [0.1, 0.15) is 18.1 Å². The van der Waals surface area contributed by atoms with E-state index in [1.807, 2.05) is 0 Å². The Balaban J connectivity index is 2.46. The van der Waals surface area contributed by atoms with Crippen LogP contribution >= 0.6 is 15.9 Å². The van der Waals surface area contributed by atoms with E-state index in [1.54, 1.807) is 14.2 Å². The molecule has 17 heavy (non-hydrogen) atoms. The summed E-state index contributed by atoms with van der Waals surface area (Å²) < 4.78 is 11.8. The van der Waals surface area contributed by atoms with Crippen LogP contribution in [0, 0.1) is 0 Å². The summed E-state index contributed by atoms with van der Waals surface area (Å²) in [6.07, 6.45) is 1.06. The van der Waals surface area contributed by atoms with Gasteiger partial charge in [0.05, 0.1) is 18.7 Å². The molecule has 1 aliphatic heterocycles. The molecule has 0 saturated carbocycles. The first-order valence-electron chi connectivity index (χ1n) is 5.85. The SMILES string of the molecule is CCN1CCc2c(cc(OC)c(OC)c2Br)C1. The molecule has 1 aromatic carbocycles. The summed E-state index contributed by atoms with van der Waals surface area (Å²) in [5, 5.41) is 0. The molecule has 0 aromatic heterocycles. The van der Waals surface area contributed by atoms with Gasteiger partial charge in [0, 0.05) is 13.1 Å². The van der Waals surface area contributed by atoms with Gasteiger partial charge in [-0.25, -0.2) is 0 Å². The fraction of sp³-hybridized carbons (Fsp3) is 0.538. The summed E-state index contributed by atoms with van der Waals surface area (Å²) in [5.41, 5.74) is 2.69. The molecular formula is C13H18BrNO2. The number of fused-ring (bicyclic) bond motifs is 1. The third-order valence-corrected chi connectivity index (χ3v) is 4.16. The summed E-state index contributed by atoms with van der Waals surface area (Å²) in [7, 11) is 3.35. The number of benzene rings is 1. The molecule has 0 spiro atoms. The Bertz CT molecular complexity index is 420. The third kappa shape index (κ3) is 2.29. The highest BCUT2D eigenvalue weighted by molar-refractivity contribution is 9.10. The van der Waals surface area contributed by atoms with Gasteiger partial charge in [-0.15, -0.1) is 0 Å². The molecule has 3 nitrogen and oxygen atoms in total. The molecule has 94 valence electrons. The van der Waals surface area contributed by atoms with Crippen LogP contribution in [0.3, 0.4) is 0 Å². The Morgan fingerprint density at radius 1 is 1.35 bits per heavy atom. The lowest BCUT2D eigenvalue weighted by atomic mass is 9.99. The molecule has 2 rings (SSSR count). The fourth-order valence-corrected chi connectivity index (χ4v) is 3.12. The average Bonchev–Trinajstić information content (AvgIpc) is 2.37. The molecule has 0 radical (unpaired) electrons. The molecule has 0 saturated heterocycles. The maximum Gasteiger partial charge on any atom is 0.175 e. The number of ether oxygens (including phenoxy) is 2. The van der Waals surface area contributed by atoms with Crippen LogP contribution in [0.15, 0.2) is 10.5 Å². The van der Waals surface area contributed by atoms with Crippen molar-refractivity contribution in [1.82, 2.24) is 4.90 Å². The highest BCUT2D eigenvalue weighted by atomic mass is 79.9. The van der Waals surface area contributed by atoms with Gasteiger partial charge in [-0.3, -0.25) is 4.90 Å². The smallest absolute Gasteiger partial charge is 0.175 e. The minimum atomic E-state index is 0.802. The van der Waals surface area contributed by atoms with E-state index in [1.165, 1.54) is 11.1 Å². The first-order valence-corrected chi connectivity index (χ1v) is 6.65. The van der Waals surface area contributed by atoms with Crippen LogP contribution < -0.4 is 9.47 Å². The van der Waals surface area contributed by atoms with Crippen LogP contribution in [0.25, 0.3) is 0 Å². The highest BCUT2D eigenvalue weighted by Crippen LogP contribution is 2.41. The normalized spacial score (nSPS) is 15.5. The number of methoxy groups -OCH3 is 2. The zero-order valence-corrected chi connectivity index (χ0v) is 12.1. The van der Waals surface area contributed by atoms with Gasteiger partial charge in [-0.2, -0.15) is 0 Å². The lowest BCUT2D eigenvalue weighted by Crippen LogP contribution is -2.30. The summed E-state index contributed by atoms with van der Waals surface area (Å²) >= 11 is 3.64. The van der Waals surface area contributed by atoms with Crippen molar-refractivity contribution in [1.29, 1.82) is 0 Å². The Hall–Kier alpha value is -0.740. The molecule has 0 amide bonds. The summed E-state index contributed by atoms with van der Waals surface area (Å²) in [4.78, 5) is 2.43. The van der Waals surface area contributed by atoms with Crippen molar-refractivity contribution in [2.24, 2.45) is 0 Å². The van der Waals surface area contributed by atoms with Gasteiger partial charge in [0.15, 0.2) is 11.5 Å². The molecule has 0 atom stereocenters. The van der Waals surface area contributed by atoms with Crippen molar-refractivity contribution in [3.8, 4) is 11.5 Å². The van der Waals surface area contributed by atoms with E-state index >= 15 is 0 Å². The van der Waals surface area contributed by atoms with E-state index in [-0.39, 0.29) is 0 Å². The van der Waals surface area contributed by atoms with Crippen molar-refractivity contribution < 1.29 is 9.47 Å². The molecule has 0 fully saturated rings. The Morgan fingerprint density at radius 3 is 2.71 bits per heavy atom. The monoisotopic (exact) mass is 299 g/mol. The maximum absolute atomic E-state index is 5.40. The van der Waals surface area contributed by atoms with Crippen LogP contribution in [-0.2, 0) is 13.0 Å². The summed E-state index contributed by atoms with van der Waals surface area (Å²) in [6, 6.07) is 2.10. The van der Waals surface area contributed by atoms with Crippen molar-refractivity contribution in [3.63, 3.8) is 0 Å². The van der Waals surface area contributed by atoms with Crippen LogP contribution in [0.2, 0.25) is 0 Å². The first kappa shape index (κ1) is 12.7. The first-order chi connectivity index (χ1) is 8.21. The van der Waals surface area contributed by atoms with Gasteiger partial charge in [0.25, 0.3) is 0 Å². The maximum atomic E-state index is 5.40. The zero-order valence-electron chi connectivity index (χ0n) is 10.5. The largest absolute Gasteiger partial charge is 0.493 e. The number of hydrogen-bond acceptors (Lipinski definition) is 3. The summed E-state index contributed by atoms with van der Waals surface area (Å²) in [5.74, 6) is 1.60. The minimum Gasteiger partial charge on any atom is -0.493 e. The molecule has 1 heterocycles. The standard InChI is InChI=1S/C13H18BrNO2/c1-4-15-6-5-10-9(8-15)7-11(16-2)13(17-3)12(10)14/h7H,4-6,8H2,1-3H3. The molecule has 4 heteroatoms. The second-order valence-corrected chi connectivity index (χ2v) is 4.98. The van der Waals surface area contributed by atoms with Crippen molar-refractivity contribution in [3.05, 3.63) is 21.7 Å². The van der Waals surface area contributed by atoms with Crippen molar-refractivity contribution >= 4 is 15.9 Å². The zero-order chi connectivity index (χ0) is 12.4. The van der Waals surface area contributed by atoms with Crippen LogP contribution in [0.5, 0.6) is 11.5 Å². The van der Waals surface area contributed by atoms with Gasteiger partial charge in [-0.1, -0.05) is 6.92 Å². The van der Waals surface area contributed by atoms with E-state index in [9.17, 15) is 0 Å². The van der Waals surface area contributed by atoms with E-state index < -0.39 is 0 Å². The molecule has 1 aromatic rings. The van der Waals surface area contributed by atoms with Crippen molar-refractivity contribution in [2.45, 2.75) is 19.9 Å². The van der Waals surface area contributed by atoms with E-state index in [0.29, 0.717) is 0 Å². The van der Waals surface area contributed by atoms with Gasteiger partial charge in [0.1, 0.15) is 0 Å². The second kappa shape index (κ2) is 5.27. The van der Waals surface area contributed by atoms with Crippen LogP contribution in [0.4, 0.5) is 0 Å². The highest BCUT2D eigenvalue weighted by Gasteiger charge is 2.22. The average molecular weight is 300 g/mol. The minimum absolute atomic E-state index is 0.802. The topological polar surface area (TPSA) is 21.7 Å². The lowest BCUT2D eigenvalue weighted by molar-refractivity contribution is 0.265. The molecule has 0 N–H and O–H groups in total.